The predicted molar refractivity (Wildman–Crippen MR) is 124 cm³/mol. The number of aliphatic hydroxyl groups is 1. The van der Waals surface area contributed by atoms with Gasteiger partial charge in [-0.15, -0.1) is 0 Å². The average molecular weight is 507 g/mol. The van der Waals surface area contributed by atoms with Gasteiger partial charge >= 0.3 is 13.4 Å². The van der Waals surface area contributed by atoms with Crippen molar-refractivity contribution in [2.45, 2.75) is 50.8 Å². The number of carbonyl (C=O) groups is 1. The quantitative estimate of drug-likeness (QED) is 0.184. The first-order valence-corrected chi connectivity index (χ1v) is 12.1. The van der Waals surface area contributed by atoms with Gasteiger partial charge in [-0.25, -0.2) is 14.4 Å². The van der Waals surface area contributed by atoms with Crippen LogP contribution in [0.15, 0.2) is 52.5 Å². The summed E-state index contributed by atoms with van der Waals surface area (Å²) in [5.74, 6) is -0.128. The van der Waals surface area contributed by atoms with E-state index in [9.17, 15) is 19.3 Å². The lowest BCUT2D eigenvalue weighted by Crippen LogP contribution is -2.45. The number of hydrogen-bond donors (Lipinski definition) is 3. The van der Waals surface area contributed by atoms with Crippen LogP contribution in [0.2, 0.25) is 0 Å². The molecule has 35 heavy (non-hydrogen) atoms. The molecule has 4 N–H and O–H groups in total. The van der Waals surface area contributed by atoms with E-state index < -0.39 is 50.1 Å². The number of aromatic nitrogens is 2. The molecule has 0 spiro atoms. The molecule has 14 nitrogen and oxygen atoms in total. The molecule has 1 aliphatic rings. The SMILES string of the molecule is CC(=O)[C@H](C)NP(=O)(OC[C@H]1O[C@@H](n2ccc(N)nc2=O)[C@](C)(N=[N+]=[N-])[C@@H]1O)Oc1ccccc1. The van der Waals surface area contributed by atoms with E-state index in [4.69, 9.17) is 25.0 Å². The normalized spacial score (nSPS) is 26.3. The molecule has 1 fully saturated rings. The zero-order chi connectivity index (χ0) is 25.8. The Morgan fingerprint density at radius 2 is 2.14 bits per heavy atom. The van der Waals surface area contributed by atoms with E-state index in [1.807, 2.05) is 0 Å². The van der Waals surface area contributed by atoms with Crippen LogP contribution in [0.5, 0.6) is 5.75 Å². The lowest BCUT2D eigenvalue weighted by Gasteiger charge is -2.28. The summed E-state index contributed by atoms with van der Waals surface area (Å²) in [6, 6.07) is 8.61. The van der Waals surface area contributed by atoms with Crippen molar-refractivity contribution in [1.82, 2.24) is 14.6 Å². The van der Waals surface area contributed by atoms with Crippen molar-refractivity contribution < 1.29 is 28.3 Å². The zero-order valence-corrected chi connectivity index (χ0v) is 20.1. The van der Waals surface area contributed by atoms with Gasteiger partial charge in [0.05, 0.1) is 18.8 Å². The van der Waals surface area contributed by atoms with E-state index in [-0.39, 0.29) is 17.4 Å². The van der Waals surface area contributed by atoms with Crippen LogP contribution in [0.1, 0.15) is 27.0 Å². The third-order valence-corrected chi connectivity index (χ3v) is 7.10. The highest BCUT2D eigenvalue weighted by molar-refractivity contribution is 7.52. The Morgan fingerprint density at radius 1 is 1.46 bits per heavy atom. The largest absolute Gasteiger partial charge is 0.459 e. The molecule has 1 aromatic heterocycles. The summed E-state index contributed by atoms with van der Waals surface area (Å²) in [5, 5.41) is 17.1. The molecule has 1 aliphatic heterocycles. The number of benzene rings is 1. The maximum absolute atomic E-state index is 13.5. The molecule has 1 unspecified atom stereocenters. The van der Waals surface area contributed by atoms with Crippen LogP contribution in [0, 0.1) is 0 Å². The van der Waals surface area contributed by atoms with Crippen LogP contribution < -0.4 is 21.0 Å². The Morgan fingerprint density at radius 3 is 2.74 bits per heavy atom. The molecule has 0 saturated carbocycles. The number of para-hydroxylation sites is 1. The van der Waals surface area contributed by atoms with Gasteiger partial charge < -0.3 is 20.1 Å². The highest BCUT2D eigenvalue weighted by Gasteiger charge is 2.54. The van der Waals surface area contributed by atoms with Crippen molar-refractivity contribution >= 4 is 19.3 Å². The number of nitrogens with zero attached hydrogens (tertiary/aromatic N) is 5. The van der Waals surface area contributed by atoms with Crippen molar-refractivity contribution in [3.8, 4) is 5.75 Å². The van der Waals surface area contributed by atoms with E-state index in [1.54, 1.807) is 30.3 Å². The van der Waals surface area contributed by atoms with Crippen LogP contribution in [0.4, 0.5) is 5.82 Å². The molecule has 0 amide bonds. The number of rotatable bonds is 10. The van der Waals surface area contributed by atoms with E-state index in [0.29, 0.717) is 0 Å². The van der Waals surface area contributed by atoms with Crippen LogP contribution in [-0.4, -0.2) is 50.8 Å². The molecule has 1 saturated heterocycles. The number of nitrogens with one attached hydrogen (secondary N) is 1. The minimum Gasteiger partial charge on any atom is -0.413 e. The smallest absolute Gasteiger partial charge is 0.413 e. The van der Waals surface area contributed by atoms with Crippen molar-refractivity contribution in [2.24, 2.45) is 5.11 Å². The number of hydrogen-bond acceptors (Lipinski definition) is 10. The summed E-state index contributed by atoms with van der Waals surface area (Å²) in [6.07, 6.45) is -2.68. The predicted octanol–water partition coefficient (Wildman–Crippen LogP) is 1.92. The van der Waals surface area contributed by atoms with Gasteiger partial charge in [-0.1, -0.05) is 23.3 Å². The second kappa shape index (κ2) is 10.6. The first-order chi connectivity index (χ1) is 16.5. The number of nitrogen functional groups attached to an aromatic ring is 1. The molecule has 1 aromatic carbocycles. The number of carbonyl (C=O) groups excluding carboxylic acids is 1. The molecule has 188 valence electrons. The maximum atomic E-state index is 13.5. The number of aliphatic hydroxyl groups excluding tert-OH is 1. The van der Waals surface area contributed by atoms with Gasteiger partial charge in [-0.05, 0) is 44.5 Å². The van der Waals surface area contributed by atoms with Gasteiger partial charge in [-0.3, -0.25) is 13.9 Å². The zero-order valence-electron chi connectivity index (χ0n) is 19.2. The molecule has 6 atom stereocenters. The van der Waals surface area contributed by atoms with Gasteiger partial charge in [0.15, 0.2) is 6.23 Å². The van der Waals surface area contributed by atoms with Gasteiger partial charge in [0.2, 0.25) is 0 Å². The second-order valence-corrected chi connectivity index (χ2v) is 9.78. The van der Waals surface area contributed by atoms with Crippen LogP contribution in [0.3, 0.4) is 0 Å². The van der Waals surface area contributed by atoms with Crippen molar-refractivity contribution in [2.75, 3.05) is 12.3 Å². The maximum Gasteiger partial charge on any atom is 0.459 e. The Hall–Kier alpha value is -3.25. The number of nitrogens with two attached hydrogens (primary N) is 1. The van der Waals surface area contributed by atoms with Gasteiger partial charge in [0.1, 0.15) is 29.0 Å². The summed E-state index contributed by atoms with van der Waals surface area (Å²) in [4.78, 5) is 30.5. The highest BCUT2D eigenvalue weighted by atomic mass is 31.2. The number of Topliss-reactive ketones (excluding diaryl/α,β-unsaturated/α-hetero) is 1. The summed E-state index contributed by atoms with van der Waals surface area (Å²) >= 11 is 0. The fourth-order valence-electron chi connectivity index (χ4n) is 3.40. The monoisotopic (exact) mass is 507 g/mol. The topological polar surface area (TPSA) is 204 Å². The molecule has 0 aliphatic carbocycles. The Kier molecular flexibility index (Phi) is 7.96. The van der Waals surface area contributed by atoms with Crippen molar-refractivity contribution in [3.05, 3.63) is 63.5 Å². The van der Waals surface area contributed by atoms with E-state index in [0.717, 1.165) is 4.57 Å². The third kappa shape index (κ3) is 5.88. The van der Waals surface area contributed by atoms with E-state index in [1.165, 1.54) is 33.0 Å². The minimum atomic E-state index is -4.16. The Balaban J connectivity index is 1.87. The van der Waals surface area contributed by atoms with Gasteiger partial charge in [0, 0.05) is 11.1 Å². The molecule has 2 aromatic rings. The molecule has 0 radical (unpaired) electrons. The van der Waals surface area contributed by atoms with E-state index in [2.05, 4.69) is 20.1 Å². The van der Waals surface area contributed by atoms with Crippen LogP contribution in [-0.2, 0) is 18.6 Å². The van der Waals surface area contributed by atoms with E-state index >= 15 is 0 Å². The first kappa shape index (κ1) is 26.4. The third-order valence-electron chi connectivity index (χ3n) is 5.46. The Bertz CT molecular complexity index is 1220. The molecule has 3 rings (SSSR count). The van der Waals surface area contributed by atoms with Gasteiger partial charge in [0.25, 0.3) is 0 Å². The first-order valence-electron chi connectivity index (χ1n) is 10.5. The fraction of sp³-hybridized carbons (Fsp3) is 0.450. The summed E-state index contributed by atoms with van der Waals surface area (Å²) in [5.41, 5.74) is 12.2. The second-order valence-electron chi connectivity index (χ2n) is 8.09. The number of azide groups is 1. The van der Waals surface area contributed by atoms with Crippen molar-refractivity contribution in [1.29, 1.82) is 0 Å². The number of ether oxygens (including phenoxy) is 1. The summed E-state index contributed by atoms with van der Waals surface area (Å²) in [7, 11) is -4.16. The average Bonchev–Trinajstić information content (AvgIpc) is 3.03. The lowest BCUT2D eigenvalue weighted by molar-refractivity contribution is -0.118. The summed E-state index contributed by atoms with van der Waals surface area (Å²) in [6.45, 7) is 3.68. The number of anilines is 1. The Labute approximate surface area is 200 Å². The summed E-state index contributed by atoms with van der Waals surface area (Å²) < 4.78 is 31.4. The number of ketones is 1. The van der Waals surface area contributed by atoms with Crippen LogP contribution in [0.25, 0.3) is 10.4 Å². The standard InChI is InChI=1S/C20H26N7O7P/c1-12(13(2)28)24-35(31,34-14-7-5-4-6-8-14)32-11-15-17(29)20(3,25-26-22)18(33-15)27-10-9-16(21)23-19(27)30/h4-10,12,15,17-18,29H,11H2,1-3H3,(H,24,31)(H2,21,23,30)/t12-,15+,17+,18+,20+,35?/m0/s1. The highest BCUT2D eigenvalue weighted by Crippen LogP contribution is 2.47. The van der Waals surface area contributed by atoms with Crippen LogP contribution >= 0.6 is 7.75 Å². The molecule has 15 heteroatoms. The molecular weight excluding hydrogens is 481 g/mol. The van der Waals surface area contributed by atoms with Crippen molar-refractivity contribution in [3.63, 3.8) is 0 Å². The minimum absolute atomic E-state index is 0.0279. The molecular formula is C20H26N7O7P. The lowest BCUT2D eigenvalue weighted by atomic mass is 9.93. The fourth-order valence-corrected chi connectivity index (χ4v) is 4.98. The van der Waals surface area contributed by atoms with Gasteiger partial charge in [-0.2, -0.15) is 4.98 Å². The molecule has 0 bridgehead atoms. The molecule has 2 heterocycles.